The fourth-order valence-corrected chi connectivity index (χ4v) is 0.980. The lowest BCUT2D eigenvalue weighted by Gasteiger charge is -2.05. The molecule has 56 valence electrons. The average molecular weight is 154 g/mol. The van der Waals surface area contributed by atoms with E-state index in [0.29, 0.717) is 0 Å². The van der Waals surface area contributed by atoms with E-state index in [1.54, 1.807) is 0 Å². The van der Waals surface area contributed by atoms with Crippen molar-refractivity contribution < 1.29 is 5.11 Å². The van der Waals surface area contributed by atoms with Crippen LogP contribution in [0, 0.1) is 11.8 Å². The number of rotatable bonds is 1. The molecular formula is C8H14OSi. The summed E-state index contributed by atoms with van der Waals surface area (Å²) in [6.45, 7) is 6.68. The van der Waals surface area contributed by atoms with Gasteiger partial charge in [-0.05, 0) is 6.08 Å². The first-order valence-corrected chi connectivity index (χ1v) is 6.91. The molecule has 0 amide bonds. The predicted molar refractivity (Wildman–Crippen MR) is 47.3 cm³/mol. The van der Waals surface area contributed by atoms with Gasteiger partial charge in [0, 0.05) is 0 Å². The Kier molecular flexibility index (Phi) is 4.09. The van der Waals surface area contributed by atoms with Crippen LogP contribution in [0.1, 0.15) is 0 Å². The average Bonchev–Trinajstić information content (AvgIpc) is 1.78. The number of hydrogen-bond acceptors (Lipinski definition) is 1. The molecule has 0 saturated heterocycles. The summed E-state index contributed by atoms with van der Waals surface area (Å²) in [7, 11) is -1.07. The maximum absolute atomic E-state index is 8.30. The number of allylic oxidation sites excluding steroid dienone is 1. The largest absolute Gasteiger partial charge is 0.384 e. The van der Waals surface area contributed by atoms with Crippen molar-refractivity contribution in [2.24, 2.45) is 0 Å². The predicted octanol–water partition coefficient (Wildman–Crippen LogP) is 1.42. The Bertz CT molecular complexity index is 166. The van der Waals surface area contributed by atoms with Gasteiger partial charge in [-0.1, -0.05) is 37.2 Å². The summed E-state index contributed by atoms with van der Waals surface area (Å²) >= 11 is 0. The van der Waals surface area contributed by atoms with E-state index < -0.39 is 8.07 Å². The van der Waals surface area contributed by atoms with Crippen LogP contribution in [-0.2, 0) is 0 Å². The minimum Gasteiger partial charge on any atom is -0.384 e. The zero-order valence-corrected chi connectivity index (χ0v) is 7.81. The van der Waals surface area contributed by atoms with E-state index in [9.17, 15) is 0 Å². The molecule has 0 radical (unpaired) electrons. The smallest absolute Gasteiger partial charge is 0.104 e. The Morgan fingerprint density at radius 2 is 2.00 bits per heavy atom. The molecule has 0 bridgehead atoms. The molecule has 1 nitrogen and oxygen atoms in total. The molecule has 0 aromatic heterocycles. The van der Waals surface area contributed by atoms with Gasteiger partial charge in [0.25, 0.3) is 0 Å². The Labute approximate surface area is 63.8 Å². The van der Waals surface area contributed by atoms with Crippen LogP contribution in [0.2, 0.25) is 19.6 Å². The summed E-state index contributed by atoms with van der Waals surface area (Å²) in [6, 6.07) is 0. The Morgan fingerprint density at radius 1 is 1.40 bits per heavy atom. The molecule has 0 fully saturated rings. The minimum absolute atomic E-state index is 0.0456. The second kappa shape index (κ2) is 4.32. The maximum Gasteiger partial charge on any atom is 0.104 e. The fraction of sp³-hybridized carbons (Fsp3) is 0.500. The highest BCUT2D eigenvalue weighted by molar-refractivity contribution is 6.81. The monoisotopic (exact) mass is 154 g/mol. The second-order valence-electron chi connectivity index (χ2n) is 3.18. The first-order chi connectivity index (χ1) is 4.56. The third-order valence-electron chi connectivity index (χ3n) is 0.848. The van der Waals surface area contributed by atoms with Crippen molar-refractivity contribution >= 4 is 8.07 Å². The molecule has 0 aliphatic heterocycles. The van der Waals surface area contributed by atoms with Gasteiger partial charge in [-0.2, -0.15) is 0 Å². The van der Waals surface area contributed by atoms with Crippen LogP contribution >= 0.6 is 0 Å². The van der Waals surface area contributed by atoms with Gasteiger partial charge in [-0.25, -0.2) is 0 Å². The molecular weight excluding hydrogens is 140 g/mol. The first kappa shape index (κ1) is 9.48. The summed E-state index contributed by atoms with van der Waals surface area (Å²) in [4.78, 5) is 0. The van der Waals surface area contributed by atoms with E-state index in [2.05, 4.69) is 37.2 Å². The summed E-state index contributed by atoms with van der Waals surface area (Å²) in [5.74, 6) is 5.31. The maximum atomic E-state index is 8.30. The van der Waals surface area contributed by atoms with Gasteiger partial charge in [0.15, 0.2) is 0 Å². The van der Waals surface area contributed by atoms with Crippen LogP contribution < -0.4 is 0 Å². The van der Waals surface area contributed by atoms with E-state index in [4.69, 9.17) is 5.11 Å². The van der Waals surface area contributed by atoms with Gasteiger partial charge < -0.3 is 5.11 Å². The van der Waals surface area contributed by atoms with E-state index >= 15 is 0 Å². The van der Waals surface area contributed by atoms with Crippen LogP contribution in [0.25, 0.3) is 0 Å². The van der Waals surface area contributed by atoms with Crippen molar-refractivity contribution in [2.75, 3.05) is 6.61 Å². The molecule has 0 atom stereocenters. The number of aliphatic hydroxyl groups is 1. The van der Waals surface area contributed by atoms with Crippen LogP contribution in [0.15, 0.2) is 11.8 Å². The van der Waals surface area contributed by atoms with Crippen molar-refractivity contribution in [1.82, 2.24) is 0 Å². The minimum atomic E-state index is -1.07. The zero-order valence-electron chi connectivity index (χ0n) is 6.81. The fourth-order valence-electron chi connectivity index (χ4n) is 0.396. The molecule has 1 N–H and O–H groups in total. The van der Waals surface area contributed by atoms with E-state index in [0.717, 1.165) is 0 Å². The Morgan fingerprint density at radius 3 is 2.40 bits per heavy atom. The van der Waals surface area contributed by atoms with E-state index in [1.165, 1.54) is 0 Å². The molecule has 0 aromatic rings. The zero-order chi connectivity index (χ0) is 8.04. The highest BCUT2D eigenvalue weighted by atomic mass is 28.3. The normalized spacial score (nSPS) is 11.2. The standard InChI is InChI=1S/C8H14OSi/c1-10(2,3)8-6-4-5-7-9/h6,8-9H,7H2,1-3H3/b8-6+. The molecule has 0 spiro atoms. The van der Waals surface area contributed by atoms with Gasteiger partial charge in [0.1, 0.15) is 6.61 Å². The quantitative estimate of drug-likeness (QED) is 0.447. The Balaban J connectivity index is 3.78. The molecule has 10 heavy (non-hydrogen) atoms. The van der Waals surface area contributed by atoms with Crippen molar-refractivity contribution in [3.05, 3.63) is 11.8 Å². The third kappa shape index (κ3) is 7.48. The van der Waals surface area contributed by atoms with E-state index in [1.807, 2.05) is 6.08 Å². The lowest BCUT2D eigenvalue weighted by Crippen LogP contribution is -2.15. The molecule has 0 rings (SSSR count). The van der Waals surface area contributed by atoms with Crippen molar-refractivity contribution in [1.29, 1.82) is 0 Å². The molecule has 0 heterocycles. The molecule has 0 aromatic carbocycles. The molecule has 2 heteroatoms. The van der Waals surface area contributed by atoms with Crippen LogP contribution in [0.3, 0.4) is 0 Å². The van der Waals surface area contributed by atoms with Crippen molar-refractivity contribution in [2.45, 2.75) is 19.6 Å². The molecule has 0 aliphatic rings. The summed E-state index contributed by atoms with van der Waals surface area (Å²) in [6.07, 6.45) is 1.84. The number of hydrogen-bond donors (Lipinski definition) is 1. The van der Waals surface area contributed by atoms with Crippen molar-refractivity contribution in [3.63, 3.8) is 0 Å². The van der Waals surface area contributed by atoms with Gasteiger partial charge in [0.05, 0.1) is 8.07 Å². The number of aliphatic hydroxyl groups excluding tert-OH is 1. The van der Waals surface area contributed by atoms with Crippen LogP contribution in [0.4, 0.5) is 0 Å². The van der Waals surface area contributed by atoms with Gasteiger partial charge in [-0.3, -0.25) is 0 Å². The lowest BCUT2D eigenvalue weighted by atomic mass is 10.6. The SMILES string of the molecule is C[Si](C)(C)/C=C/C#CCO. The molecule has 0 saturated carbocycles. The third-order valence-corrected chi connectivity index (χ3v) is 2.01. The highest BCUT2D eigenvalue weighted by Gasteiger charge is 2.05. The molecule has 0 unspecified atom stereocenters. The van der Waals surface area contributed by atoms with Crippen molar-refractivity contribution in [3.8, 4) is 11.8 Å². The molecule has 0 aliphatic carbocycles. The topological polar surface area (TPSA) is 20.2 Å². The van der Waals surface area contributed by atoms with Crippen LogP contribution in [-0.4, -0.2) is 19.8 Å². The van der Waals surface area contributed by atoms with Gasteiger partial charge in [-0.15, -0.1) is 0 Å². The summed E-state index contributed by atoms with van der Waals surface area (Å²) in [5.41, 5.74) is 2.15. The second-order valence-corrected chi connectivity index (χ2v) is 8.24. The van der Waals surface area contributed by atoms with E-state index in [-0.39, 0.29) is 6.61 Å². The summed E-state index contributed by atoms with van der Waals surface area (Å²) < 4.78 is 0. The van der Waals surface area contributed by atoms with Gasteiger partial charge in [0.2, 0.25) is 0 Å². The lowest BCUT2D eigenvalue weighted by molar-refractivity contribution is 0.350. The highest BCUT2D eigenvalue weighted by Crippen LogP contribution is 2.00. The van der Waals surface area contributed by atoms with Crippen LogP contribution in [0.5, 0.6) is 0 Å². The summed E-state index contributed by atoms with van der Waals surface area (Å²) in [5, 5.41) is 8.30. The Hall–Kier alpha value is -0.523. The van der Waals surface area contributed by atoms with Gasteiger partial charge >= 0.3 is 0 Å². The first-order valence-electron chi connectivity index (χ1n) is 3.33.